The predicted octanol–water partition coefficient (Wildman–Crippen LogP) is 4.23. The summed E-state index contributed by atoms with van der Waals surface area (Å²) in [4.78, 5) is 0. The summed E-state index contributed by atoms with van der Waals surface area (Å²) in [5, 5.41) is -0.295. The van der Waals surface area contributed by atoms with E-state index in [0.29, 0.717) is 6.42 Å². The van der Waals surface area contributed by atoms with E-state index in [4.69, 9.17) is 11.6 Å². The molecule has 0 saturated heterocycles. The molecule has 1 fully saturated rings. The Morgan fingerprint density at radius 1 is 1.21 bits per heavy atom. The molecule has 1 aliphatic carbocycles. The second-order valence-electron chi connectivity index (χ2n) is 4.47. The van der Waals surface area contributed by atoms with Crippen molar-refractivity contribution in [3.05, 3.63) is 0 Å². The second kappa shape index (κ2) is 4.30. The summed E-state index contributed by atoms with van der Waals surface area (Å²) in [5.74, 6) is -1.35. The summed E-state index contributed by atoms with van der Waals surface area (Å²) in [7, 11) is 0. The molecule has 4 heteroatoms. The van der Waals surface area contributed by atoms with Gasteiger partial charge in [0.05, 0.1) is 5.92 Å². The van der Waals surface area contributed by atoms with E-state index < -0.39 is 12.1 Å². The minimum Gasteiger partial charge on any atom is -0.171 e. The van der Waals surface area contributed by atoms with Crippen LogP contribution in [0.25, 0.3) is 0 Å². The van der Waals surface area contributed by atoms with E-state index in [1.807, 2.05) is 13.8 Å². The molecule has 3 atom stereocenters. The van der Waals surface area contributed by atoms with Gasteiger partial charge in [0.2, 0.25) is 0 Å². The predicted molar refractivity (Wildman–Crippen MR) is 51.4 cm³/mol. The van der Waals surface area contributed by atoms with Gasteiger partial charge in [0.15, 0.2) is 0 Å². The van der Waals surface area contributed by atoms with Crippen LogP contribution < -0.4 is 0 Å². The quantitative estimate of drug-likeness (QED) is 0.590. The van der Waals surface area contributed by atoms with Crippen LogP contribution in [0.4, 0.5) is 13.2 Å². The fourth-order valence-electron chi connectivity index (χ4n) is 2.32. The second-order valence-corrected chi connectivity index (χ2v) is 5.08. The van der Waals surface area contributed by atoms with E-state index in [0.717, 1.165) is 6.42 Å². The van der Waals surface area contributed by atoms with Crippen LogP contribution in [0.2, 0.25) is 0 Å². The molecule has 0 heterocycles. The Kier molecular flexibility index (Phi) is 3.73. The Morgan fingerprint density at radius 2 is 1.79 bits per heavy atom. The van der Waals surface area contributed by atoms with Crippen molar-refractivity contribution in [2.75, 3.05) is 0 Å². The van der Waals surface area contributed by atoms with Gasteiger partial charge in [-0.3, -0.25) is 0 Å². The van der Waals surface area contributed by atoms with Crippen LogP contribution in [0.15, 0.2) is 0 Å². The Balaban J connectivity index is 2.74. The van der Waals surface area contributed by atoms with Gasteiger partial charge in [0, 0.05) is 5.38 Å². The van der Waals surface area contributed by atoms with Crippen molar-refractivity contribution in [3.8, 4) is 0 Å². The van der Waals surface area contributed by atoms with Gasteiger partial charge in [0.25, 0.3) is 0 Å². The summed E-state index contributed by atoms with van der Waals surface area (Å²) < 4.78 is 38.0. The van der Waals surface area contributed by atoms with E-state index in [9.17, 15) is 13.2 Å². The molecule has 1 saturated carbocycles. The summed E-state index contributed by atoms with van der Waals surface area (Å²) in [6.07, 6.45) is -2.66. The SMILES string of the molecule is CC(C)C1CCC(Cl)CC1C(F)(F)F. The molecule has 84 valence electrons. The van der Waals surface area contributed by atoms with Crippen LogP contribution in [0.5, 0.6) is 0 Å². The van der Waals surface area contributed by atoms with Crippen molar-refractivity contribution in [1.82, 2.24) is 0 Å². The highest BCUT2D eigenvalue weighted by Gasteiger charge is 2.47. The summed E-state index contributed by atoms with van der Waals surface area (Å²) in [5.41, 5.74) is 0. The molecule has 1 rings (SSSR count). The van der Waals surface area contributed by atoms with Crippen molar-refractivity contribution in [3.63, 3.8) is 0 Å². The molecule has 1 aliphatic rings. The highest BCUT2D eigenvalue weighted by atomic mass is 35.5. The smallest absolute Gasteiger partial charge is 0.171 e. The Labute approximate surface area is 87.8 Å². The van der Waals surface area contributed by atoms with Gasteiger partial charge in [0.1, 0.15) is 0 Å². The van der Waals surface area contributed by atoms with E-state index in [1.165, 1.54) is 0 Å². The van der Waals surface area contributed by atoms with Crippen LogP contribution >= 0.6 is 11.6 Å². The highest BCUT2D eigenvalue weighted by Crippen LogP contribution is 2.45. The van der Waals surface area contributed by atoms with Gasteiger partial charge in [-0.25, -0.2) is 0 Å². The molecule has 0 spiro atoms. The topological polar surface area (TPSA) is 0 Å². The first kappa shape index (κ1) is 12.2. The monoisotopic (exact) mass is 228 g/mol. The van der Waals surface area contributed by atoms with Crippen LogP contribution in [-0.2, 0) is 0 Å². The fraction of sp³-hybridized carbons (Fsp3) is 1.00. The molecule has 0 bridgehead atoms. The lowest BCUT2D eigenvalue weighted by molar-refractivity contribution is -0.200. The number of hydrogen-bond acceptors (Lipinski definition) is 0. The molecule has 0 amide bonds. The maximum absolute atomic E-state index is 12.7. The van der Waals surface area contributed by atoms with Crippen LogP contribution in [-0.4, -0.2) is 11.6 Å². The molecule has 0 nitrogen and oxygen atoms in total. The number of alkyl halides is 4. The van der Waals surface area contributed by atoms with Gasteiger partial charge in [-0.1, -0.05) is 13.8 Å². The number of rotatable bonds is 1. The van der Waals surface area contributed by atoms with E-state index in [2.05, 4.69) is 0 Å². The largest absolute Gasteiger partial charge is 0.392 e. The van der Waals surface area contributed by atoms with Gasteiger partial charge < -0.3 is 0 Å². The molecule has 0 aromatic rings. The third kappa shape index (κ3) is 2.78. The van der Waals surface area contributed by atoms with Gasteiger partial charge in [-0.05, 0) is 31.1 Å². The van der Waals surface area contributed by atoms with Crippen LogP contribution in [0.1, 0.15) is 33.1 Å². The standard InChI is InChI=1S/C10H16ClF3/c1-6(2)8-4-3-7(11)5-9(8)10(12,13)14/h6-9H,3-5H2,1-2H3. The van der Waals surface area contributed by atoms with E-state index in [-0.39, 0.29) is 23.6 Å². The van der Waals surface area contributed by atoms with Crippen LogP contribution in [0, 0.1) is 17.8 Å². The zero-order valence-electron chi connectivity index (χ0n) is 8.44. The molecule has 3 unspecified atom stereocenters. The lowest BCUT2D eigenvalue weighted by Gasteiger charge is -2.37. The minimum absolute atomic E-state index is 0.0887. The first-order chi connectivity index (χ1) is 6.32. The summed E-state index contributed by atoms with van der Waals surface area (Å²) in [6.45, 7) is 3.72. The molecule has 0 radical (unpaired) electrons. The lowest BCUT2D eigenvalue weighted by Crippen LogP contribution is -2.38. The third-order valence-corrected chi connectivity index (χ3v) is 3.51. The van der Waals surface area contributed by atoms with Crippen molar-refractivity contribution in [2.45, 2.75) is 44.7 Å². The van der Waals surface area contributed by atoms with E-state index in [1.54, 1.807) is 0 Å². The fourth-order valence-corrected chi connectivity index (χ4v) is 2.63. The van der Waals surface area contributed by atoms with Gasteiger partial charge >= 0.3 is 6.18 Å². The maximum Gasteiger partial charge on any atom is 0.392 e. The first-order valence-electron chi connectivity index (χ1n) is 5.03. The molecule has 0 N–H and O–H groups in total. The number of halogens is 4. The first-order valence-corrected chi connectivity index (χ1v) is 5.46. The zero-order chi connectivity index (χ0) is 10.9. The highest BCUT2D eigenvalue weighted by molar-refractivity contribution is 6.20. The zero-order valence-corrected chi connectivity index (χ0v) is 9.20. The Bertz CT molecular complexity index is 188. The molecule has 0 aromatic heterocycles. The normalized spacial score (nSPS) is 34.9. The lowest BCUT2D eigenvalue weighted by atomic mass is 9.73. The summed E-state index contributed by atoms with van der Waals surface area (Å²) >= 11 is 5.79. The van der Waals surface area contributed by atoms with Crippen molar-refractivity contribution >= 4 is 11.6 Å². The van der Waals surface area contributed by atoms with Crippen molar-refractivity contribution in [1.29, 1.82) is 0 Å². The number of hydrogen-bond donors (Lipinski definition) is 0. The third-order valence-electron chi connectivity index (χ3n) is 3.12. The minimum atomic E-state index is -4.08. The molecule has 14 heavy (non-hydrogen) atoms. The van der Waals surface area contributed by atoms with E-state index >= 15 is 0 Å². The Hall–Kier alpha value is 0.0800. The van der Waals surface area contributed by atoms with Crippen LogP contribution in [0.3, 0.4) is 0 Å². The summed E-state index contributed by atoms with van der Waals surface area (Å²) in [6, 6.07) is 0. The molecular weight excluding hydrogens is 213 g/mol. The molecule has 0 aliphatic heterocycles. The van der Waals surface area contributed by atoms with Crippen molar-refractivity contribution in [2.24, 2.45) is 17.8 Å². The molecular formula is C10H16ClF3. The van der Waals surface area contributed by atoms with Gasteiger partial charge in [-0.2, -0.15) is 13.2 Å². The average Bonchev–Trinajstić information content (AvgIpc) is 2.01. The maximum atomic E-state index is 12.7. The van der Waals surface area contributed by atoms with Gasteiger partial charge in [-0.15, -0.1) is 11.6 Å². The average molecular weight is 229 g/mol. The molecule has 0 aromatic carbocycles. The Morgan fingerprint density at radius 3 is 2.21 bits per heavy atom. The van der Waals surface area contributed by atoms with Crippen molar-refractivity contribution < 1.29 is 13.2 Å².